The van der Waals surface area contributed by atoms with Crippen molar-refractivity contribution in [2.45, 2.75) is 13.0 Å². The average Bonchev–Trinajstić information content (AvgIpc) is 3.16. The number of rotatable bonds is 6. The molecule has 6 heteroatoms. The molecular formula is C20H16ClNO3S. The molecule has 0 fully saturated rings. The van der Waals surface area contributed by atoms with E-state index >= 15 is 0 Å². The number of amides is 1. The van der Waals surface area contributed by atoms with Gasteiger partial charge in [0.15, 0.2) is 6.10 Å². The first-order chi connectivity index (χ1) is 12.5. The van der Waals surface area contributed by atoms with Crippen molar-refractivity contribution in [1.82, 2.24) is 0 Å². The van der Waals surface area contributed by atoms with E-state index in [1.807, 2.05) is 11.4 Å². The molecule has 1 N–H and O–H groups in total. The van der Waals surface area contributed by atoms with Crippen LogP contribution in [0, 0.1) is 0 Å². The summed E-state index contributed by atoms with van der Waals surface area (Å²) in [5.41, 5.74) is 1.09. The van der Waals surface area contributed by atoms with E-state index in [0.717, 1.165) is 0 Å². The first kappa shape index (κ1) is 18.2. The van der Waals surface area contributed by atoms with Crippen LogP contribution in [-0.4, -0.2) is 17.8 Å². The summed E-state index contributed by atoms with van der Waals surface area (Å²) in [6.07, 6.45) is -0.684. The Hall–Kier alpha value is -2.63. The molecule has 132 valence electrons. The number of hydrogen-bond acceptors (Lipinski definition) is 4. The second-order valence-electron chi connectivity index (χ2n) is 5.59. The fourth-order valence-electron chi connectivity index (χ4n) is 2.38. The van der Waals surface area contributed by atoms with Crippen molar-refractivity contribution in [2.24, 2.45) is 0 Å². The summed E-state index contributed by atoms with van der Waals surface area (Å²) in [5.74, 6) is 0.151. The van der Waals surface area contributed by atoms with Crippen LogP contribution in [0.3, 0.4) is 0 Å². The molecule has 0 bridgehead atoms. The van der Waals surface area contributed by atoms with E-state index in [2.05, 4.69) is 5.32 Å². The minimum atomic E-state index is -0.684. The molecule has 0 aliphatic heterocycles. The summed E-state index contributed by atoms with van der Waals surface area (Å²) in [4.78, 5) is 25.2. The Morgan fingerprint density at radius 2 is 1.88 bits per heavy atom. The molecule has 1 amide bonds. The summed E-state index contributed by atoms with van der Waals surface area (Å²) < 4.78 is 5.74. The molecule has 4 nitrogen and oxygen atoms in total. The van der Waals surface area contributed by atoms with Gasteiger partial charge in [0.2, 0.25) is 5.78 Å². The van der Waals surface area contributed by atoms with E-state index in [0.29, 0.717) is 26.9 Å². The molecule has 0 saturated heterocycles. The van der Waals surface area contributed by atoms with Gasteiger partial charge in [0.05, 0.1) is 4.88 Å². The number of nitrogens with one attached hydrogen (secondary N) is 1. The van der Waals surface area contributed by atoms with E-state index in [1.165, 1.54) is 11.3 Å². The molecule has 26 heavy (non-hydrogen) atoms. The first-order valence-electron chi connectivity index (χ1n) is 7.94. The van der Waals surface area contributed by atoms with Crippen LogP contribution in [0.1, 0.15) is 27.0 Å². The molecule has 1 aromatic heterocycles. The van der Waals surface area contributed by atoms with Gasteiger partial charge in [0.1, 0.15) is 5.75 Å². The van der Waals surface area contributed by atoms with Gasteiger partial charge in [-0.1, -0.05) is 35.9 Å². The van der Waals surface area contributed by atoms with Crippen LogP contribution in [0.15, 0.2) is 66.0 Å². The van der Waals surface area contributed by atoms with Crippen LogP contribution in [0.4, 0.5) is 5.69 Å². The molecule has 0 aliphatic rings. The van der Waals surface area contributed by atoms with Gasteiger partial charge in [0.25, 0.3) is 5.91 Å². The third-order valence-electron chi connectivity index (χ3n) is 3.63. The lowest BCUT2D eigenvalue weighted by molar-refractivity contribution is 0.0818. The molecule has 0 radical (unpaired) electrons. The monoisotopic (exact) mass is 385 g/mol. The van der Waals surface area contributed by atoms with Crippen molar-refractivity contribution < 1.29 is 14.3 Å². The van der Waals surface area contributed by atoms with Gasteiger partial charge in [-0.2, -0.15) is 0 Å². The molecule has 1 heterocycles. The number of hydrogen-bond donors (Lipinski definition) is 1. The third-order valence-corrected chi connectivity index (χ3v) is 4.73. The smallest absolute Gasteiger partial charge is 0.265 e. The lowest BCUT2D eigenvalue weighted by Gasteiger charge is -2.15. The highest BCUT2D eigenvalue weighted by Crippen LogP contribution is 2.21. The maximum Gasteiger partial charge on any atom is 0.265 e. The predicted octanol–water partition coefficient (Wildman–Crippen LogP) is 5.30. The van der Waals surface area contributed by atoms with Crippen LogP contribution < -0.4 is 10.1 Å². The second-order valence-corrected chi connectivity index (χ2v) is 6.98. The zero-order valence-electron chi connectivity index (χ0n) is 13.9. The number of carbonyl (C=O) groups excluding carboxylic acids is 2. The van der Waals surface area contributed by atoms with Gasteiger partial charge >= 0.3 is 0 Å². The maximum atomic E-state index is 12.5. The van der Waals surface area contributed by atoms with Crippen molar-refractivity contribution in [3.8, 4) is 5.75 Å². The largest absolute Gasteiger partial charge is 0.482 e. The molecule has 1 atom stereocenters. The standard InChI is InChI=1S/C20H16ClNO3S/c1-13(19(23)14-5-2-6-15(21)11-14)25-17-8-3-7-16(12-17)22-20(24)18-9-4-10-26-18/h2-13H,1H3,(H,22,24). The molecule has 0 saturated carbocycles. The Balaban J connectivity index is 1.68. The lowest BCUT2D eigenvalue weighted by Crippen LogP contribution is -2.24. The lowest BCUT2D eigenvalue weighted by atomic mass is 10.1. The van der Waals surface area contributed by atoms with E-state index in [9.17, 15) is 9.59 Å². The molecule has 0 spiro atoms. The quantitative estimate of drug-likeness (QED) is 0.585. The van der Waals surface area contributed by atoms with Crippen molar-refractivity contribution in [3.63, 3.8) is 0 Å². The van der Waals surface area contributed by atoms with E-state index in [4.69, 9.17) is 16.3 Å². The second kappa shape index (κ2) is 8.17. The van der Waals surface area contributed by atoms with Gasteiger partial charge in [-0.05, 0) is 42.6 Å². The molecular weight excluding hydrogens is 370 g/mol. The molecule has 1 unspecified atom stereocenters. The predicted molar refractivity (Wildman–Crippen MR) is 105 cm³/mol. The Morgan fingerprint density at radius 3 is 2.62 bits per heavy atom. The van der Waals surface area contributed by atoms with Crippen LogP contribution >= 0.6 is 22.9 Å². The van der Waals surface area contributed by atoms with Crippen molar-refractivity contribution >= 4 is 40.3 Å². The van der Waals surface area contributed by atoms with Crippen LogP contribution in [0.5, 0.6) is 5.75 Å². The zero-order valence-corrected chi connectivity index (χ0v) is 15.5. The van der Waals surface area contributed by atoms with E-state index < -0.39 is 6.10 Å². The summed E-state index contributed by atoms with van der Waals surface area (Å²) in [6.45, 7) is 1.68. The third kappa shape index (κ3) is 4.50. The van der Waals surface area contributed by atoms with Gasteiger partial charge in [0, 0.05) is 22.3 Å². The van der Waals surface area contributed by atoms with Crippen LogP contribution in [0.2, 0.25) is 5.02 Å². The Morgan fingerprint density at radius 1 is 1.08 bits per heavy atom. The van der Waals surface area contributed by atoms with Crippen LogP contribution in [-0.2, 0) is 0 Å². The fraction of sp³-hybridized carbons (Fsp3) is 0.100. The van der Waals surface area contributed by atoms with Gasteiger partial charge in [-0.3, -0.25) is 9.59 Å². The molecule has 3 aromatic rings. The fourth-order valence-corrected chi connectivity index (χ4v) is 3.19. The zero-order chi connectivity index (χ0) is 18.5. The van der Waals surface area contributed by atoms with Crippen LogP contribution in [0.25, 0.3) is 0 Å². The average molecular weight is 386 g/mol. The van der Waals surface area contributed by atoms with Gasteiger partial charge in [-0.25, -0.2) is 0 Å². The highest BCUT2D eigenvalue weighted by atomic mass is 35.5. The number of anilines is 1. The molecule has 0 aliphatic carbocycles. The number of halogens is 1. The van der Waals surface area contributed by atoms with E-state index in [-0.39, 0.29) is 11.7 Å². The van der Waals surface area contributed by atoms with Crippen molar-refractivity contribution in [2.75, 3.05) is 5.32 Å². The highest BCUT2D eigenvalue weighted by Gasteiger charge is 2.17. The number of ether oxygens (including phenoxy) is 1. The van der Waals surface area contributed by atoms with E-state index in [1.54, 1.807) is 61.5 Å². The normalized spacial score (nSPS) is 11.6. The highest BCUT2D eigenvalue weighted by molar-refractivity contribution is 7.12. The van der Waals surface area contributed by atoms with Crippen molar-refractivity contribution in [3.05, 3.63) is 81.5 Å². The number of ketones is 1. The summed E-state index contributed by atoms with van der Waals surface area (Å²) in [5, 5.41) is 5.16. The Bertz CT molecular complexity index is 924. The number of benzene rings is 2. The summed E-state index contributed by atoms with van der Waals surface area (Å²) in [7, 11) is 0. The Kier molecular flexibility index (Phi) is 5.71. The van der Waals surface area contributed by atoms with Crippen molar-refractivity contribution in [1.29, 1.82) is 0 Å². The molecule has 3 rings (SSSR count). The minimum absolute atomic E-state index is 0.166. The first-order valence-corrected chi connectivity index (χ1v) is 9.20. The number of thiophene rings is 1. The maximum absolute atomic E-state index is 12.5. The van der Waals surface area contributed by atoms with Gasteiger partial charge < -0.3 is 10.1 Å². The number of Topliss-reactive ketones (excluding diaryl/α,β-unsaturated/α-hetero) is 1. The number of carbonyl (C=O) groups is 2. The Labute approximate surface area is 160 Å². The van der Waals surface area contributed by atoms with Gasteiger partial charge in [-0.15, -0.1) is 11.3 Å². The molecule has 2 aromatic carbocycles. The summed E-state index contributed by atoms with van der Waals surface area (Å²) in [6, 6.07) is 17.3. The topological polar surface area (TPSA) is 55.4 Å². The minimum Gasteiger partial charge on any atom is -0.482 e. The SMILES string of the molecule is CC(Oc1cccc(NC(=O)c2cccs2)c1)C(=O)c1cccc(Cl)c1. The summed E-state index contributed by atoms with van der Waals surface area (Å²) >= 11 is 7.30.